The molecule has 0 saturated carbocycles. The van der Waals surface area contributed by atoms with Crippen molar-refractivity contribution in [1.82, 2.24) is 0 Å². The maximum Gasteiger partial charge on any atom is 0.114 e. The van der Waals surface area contributed by atoms with Crippen LogP contribution < -0.4 is 5.73 Å². The number of hydrogen-bond donors (Lipinski definition) is 1. The van der Waals surface area contributed by atoms with Crippen molar-refractivity contribution in [1.29, 1.82) is 0 Å². The molecule has 3 nitrogen and oxygen atoms in total. The summed E-state index contributed by atoms with van der Waals surface area (Å²) in [6.45, 7) is 2.50. The van der Waals surface area contributed by atoms with Crippen LogP contribution in [0.15, 0.2) is 29.4 Å². The second-order valence-electron chi connectivity index (χ2n) is 3.35. The number of nitrogens with zero attached hydrogens (tertiary/aromatic N) is 1. The Morgan fingerprint density at radius 3 is 3.00 bits per heavy atom. The van der Waals surface area contributed by atoms with Crippen LogP contribution in [0.2, 0.25) is 0 Å². The van der Waals surface area contributed by atoms with Gasteiger partial charge in [-0.1, -0.05) is 29.4 Å². The van der Waals surface area contributed by atoms with E-state index in [9.17, 15) is 0 Å². The molecule has 0 amide bonds. The minimum absolute atomic E-state index is 0.0854. The third-order valence-electron chi connectivity index (χ3n) is 2.43. The predicted molar refractivity (Wildman–Crippen MR) is 56.1 cm³/mol. The monoisotopic (exact) mass is 190 g/mol. The zero-order valence-electron chi connectivity index (χ0n) is 8.23. The summed E-state index contributed by atoms with van der Waals surface area (Å²) in [7, 11) is 0. The van der Waals surface area contributed by atoms with Crippen molar-refractivity contribution in [3.63, 3.8) is 0 Å². The molecule has 0 aromatic heterocycles. The maximum atomic E-state index is 6.02. The first-order chi connectivity index (χ1) is 6.83. The number of hydrogen-bond acceptors (Lipinski definition) is 3. The molecule has 14 heavy (non-hydrogen) atoms. The molecule has 2 rings (SSSR count). The zero-order valence-corrected chi connectivity index (χ0v) is 8.23. The van der Waals surface area contributed by atoms with Crippen molar-refractivity contribution >= 4 is 5.71 Å². The van der Waals surface area contributed by atoms with E-state index in [1.54, 1.807) is 0 Å². The van der Waals surface area contributed by atoms with Gasteiger partial charge in [0.25, 0.3) is 0 Å². The molecule has 0 saturated heterocycles. The second kappa shape index (κ2) is 3.80. The van der Waals surface area contributed by atoms with Crippen molar-refractivity contribution in [3.05, 3.63) is 35.4 Å². The lowest BCUT2D eigenvalue weighted by molar-refractivity contribution is 0.157. The second-order valence-corrected chi connectivity index (χ2v) is 3.35. The van der Waals surface area contributed by atoms with Crippen LogP contribution in [0.4, 0.5) is 0 Å². The summed E-state index contributed by atoms with van der Waals surface area (Å²) in [5.74, 6) is 0. The summed E-state index contributed by atoms with van der Waals surface area (Å²) in [5.41, 5.74) is 9.38. The van der Waals surface area contributed by atoms with Gasteiger partial charge in [-0.05, 0) is 18.1 Å². The molecule has 1 atom stereocenters. The van der Waals surface area contributed by atoms with Gasteiger partial charge in [0.15, 0.2) is 0 Å². The van der Waals surface area contributed by atoms with Crippen LogP contribution in [0.1, 0.15) is 24.1 Å². The summed E-state index contributed by atoms with van der Waals surface area (Å²) in [6, 6.07) is 8.08. The van der Waals surface area contributed by atoms with Crippen molar-refractivity contribution in [2.75, 3.05) is 6.61 Å². The van der Waals surface area contributed by atoms with Gasteiger partial charge in [-0.15, -0.1) is 0 Å². The molecule has 0 spiro atoms. The van der Waals surface area contributed by atoms with Crippen LogP contribution >= 0.6 is 0 Å². The van der Waals surface area contributed by atoms with Gasteiger partial charge in [0.1, 0.15) is 6.61 Å². The Morgan fingerprint density at radius 2 is 2.29 bits per heavy atom. The number of nitrogens with two attached hydrogens (primary N) is 1. The van der Waals surface area contributed by atoms with E-state index >= 15 is 0 Å². The molecule has 0 aliphatic heterocycles. The minimum atomic E-state index is -0.0854. The largest absolute Gasteiger partial charge is 0.396 e. The molecule has 1 aliphatic rings. The summed E-state index contributed by atoms with van der Waals surface area (Å²) in [6.07, 6.45) is 0.817. The molecule has 0 heterocycles. The van der Waals surface area contributed by atoms with Crippen molar-refractivity contribution in [2.24, 2.45) is 10.9 Å². The van der Waals surface area contributed by atoms with Crippen LogP contribution in [0.3, 0.4) is 0 Å². The molecule has 1 aromatic rings. The Kier molecular flexibility index (Phi) is 2.50. The Bertz CT molecular complexity index is 360. The van der Waals surface area contributed by atoms with Gasteiger partial charge in [0.05, 0.1) is 11.8 Å². The summed E-state index contributed by atoms with van der Waals surface area (Å²) in [4.78, 5) is 5.03. The Labute approximate surface area is 83.6 Å². The van der Waals surface area contributed by atoms with Gasteiger partial charge >= 0.3 is 0 Å². The third kappa shape index (κ3) is 1.51. The van der Waals surface area contributed by atoms with E-state index in [0.29, 0.717) is 6.61 Å². The Hall–Kier alpha value is -1.35. The molecule has 74 valence electrons. The Balaban J connectivity index is 2.25. The van der Waals surface area contributed by atoms with E-state index < -0.39 is 0 Å². The molecule has 0 bridgehead atoms. The summed E-state index contributed by atoms with van der Waals surface area (Å²) in [5, 5.41) is 4.03. The molecule has 3 heteroatoms. The first-order valence-corrected chi connectivity index (χ1v) is 4.85. The first kappa shape index (κ1) is 9.21. The topological polar surface area (TPSA) is 47.6 Å². The van der Waals surface area contributed by atoms with Crippen LogP contribution in [-0.4, -0.2) is 12.3 Å². The lowest BCUT2D eigenvalue weighted by Crippen LogP contribution is -2.16. The average Bonchev–Trinajstić information content (AvgIpc) is 2.54. The van der Waals surface area contributed by atoms with Crippen molar-refractivity contribution in [3.8, 4) is 0 Å². The number of fused-ring (bicyclic) bond motifs is 1. The van der Waals surface area contributed by atoms with Gasteiger partial charge in [-0.3, -0.25) is 0 Å². The summed E-state index contributed by atoms with van der Waals surface area (Å²) >= 11 is 0. The fourth-order valence-electron chi connectivity index (χ4n) is 1.72. The lowest BCUT2D eigenvalue weighted by atomic mass is 10.1. The quantitative estimate of drug-likeness (QED) is 0.720. The van der Waals surface area contributed by atoms with E-state index in [-0.39, 0.29) is 6.04 Å². The van der Waals surface area contributed by atoms with E-state index in [2.05, 4.69) is 17.3 Å². The standard InChI is InChI=1S/C11H14N2O/c1-2-14-13-10-7-8-5-3-4-6-9(8)11(10)12/h3-6,11H,2,7,12H2,1H3/b13-10-. The van der Waals surface area contributed by atoms with E-state index in [0.717, 1.165) is 12.1 Å². The number of oxime groups is 1. The minimum Gasteiger partial charge on any atom is -0.396 e. The van der Waals surface area contributed by atoms with Crippen LogP contribution in [0, 0.1) is 0 Å². The molecular weight excluding hydrogens is 176 g/mol. The van der Waals surface area contributed by atoms with Gasteiger partial charge in [-0.25, -0.2) is 0 Å². The predicted octanol–water partition coefficient (Wildman–Crippen LogP) is 1.64. The van der Waals surface area contributed by atoms with Crippen molar-refractivity contribution < 1.29 is 4.84 Å². The molecule has 0 radical (unpaired) electrons. The highest BCUT2D eigenvalue weighted by Gasteiger charge is 2.25. The average molecular weight is 190 g/mol. The van der Waals surface area contributed by atoms with Gasteiger partial charge in [-0.2, -0.15) is 0 Å². The smallest absolute Gasteiger partial charge is 0.114 e. The van der Waals surface area contributed by atoms with Gasteiger partial charge in [0.2, 0.25) is 0 Å². The zero-order chi connectivity index (χ0) is 9.97. The molecule has 1 aromatic carbocycles. The molecular formula is C11H14N2O. The fourth-order valence-corrected chi connectivity index (χ4v) is 1.72. The Morgan fingerprint density at radius 1 is 1.50 bits per heavy atom. The van der Waals surface area contributed by atoms with Gasteiger partial charge in [0, 0.05) is 6.42 Å². The first-order valence-electron chi connectivity index (χ1n) is 4.85. The molecule has 0 fully saturated rings. The third-order valence-corrected chi connectivity index (χ3v) is 2.43. The van der Waals surface area contributed by atoms with Crippen molar-refractivity contribution in [2.45, 2.75) is 19.4 Å². The lowest BCUT2D eigenvalue weighted by Gasteiger charge is -2.04. The highest BCUT2D eigenvalue weighted by molar-refractivity contribution is 5.96. The van der Waals surface area contributed by atoms with Crippen LogP contribution in [0.25, 0.3) is 0 Å². The van der Waals surface area contributed by atoms with Crippen LogP contribution in [-0.2, 0) is 11.3 Å². The SMILES string of the molecule is CCO/N=C1/Cc2ccccc2C1N. The number of benzene rings is 1. The fraction of sp³-hybridized carbons (Fsp3) is 0.364. The highest BCUT2D eigenvalue weighted by atomic mass is 16.6. The number of rotatable bonds is 2. The molecule has 1 unspecified atom stereocenters. The van der Waals surface area contributed by atoms with E-state index in [4.69, 9.17) is 10.6 Å². The van der Waals surface area contributed by atoms with Crippen LogP contribution in [0.5, 0.6) is 0 Å². The maximum absolute atomic E-state index is 6.02. The van der Waals surface area contributed by atoms with E-state index in [1.165, 1.54) is 11.1 Å². The van der Waals surface area contributed by atoms with E-state index in [1.807, 2.05) is 19.1 Å². The van der Waals surface area contributed by atoms with Gasteiger partial charge < -0.3 is 10.6 Å². The highest BCUT2D eigenvalue weighted by Crippen LogP contribution is 2.26. The normalized spacial score (nSPS) is 22.4. The molecule has 1 aliphatic carbocycles. The summed E-state index contributed by atoms with van der Waals surface area (Å²) < 4.78 is 0. The molecule has 2 N–H and O–H groups in total.